The Kier molecular flexibility index (Phi) is 9.33. The van der Waals surface area contributed by atoms with Gasteiger partial charge in [0.15, 0.2) is 0 Å². The molecule has 1 aliphatic rings. The number of benzene rings is 2. The quantitative estimate of drug-likeness (QED) is 0.556. The largest absolute Gasteiger partial charge is 0.497 e. The van der Waals surface area contributed by atoms with E-state index in [1.165, 1.54) is 17.3 Å². The fraction of sp³-hybridized carbons (Fsp3) is 0.435. The number of rotatable bonds is 9. The Labute approximate surface area is 188 Å². The maximum atomic E-state index is 12.1. The molecule has 1 amide bonds. The van der Waals surface area contributed by atoms with E-state index < -0.39 is 0 Å². The fourth-order valence-corrected chi connectivity index (χ4v) is 4.23. The number of carbonyl (C=O) groups is 1. The number of methoxy groups -OCH3 is 1. The van der Waals surface area contributed by atoms with Crippen molar-refractivity contribution in [1.29, 1.82) is 0 Å². The van der Waals surface area contributed by atoms with Crippen LogP contribution in [0.4, 0.5) is 10.5 Å². The summed E-state index contributed by atoms with van der Waals surface area (Å²) in [7, 11) is 1.63. The van der Waals surface area contributed by atoms with E-state index in [1.807, 2.05) is 36.4 Å². The fourth-order valence-electron chi connectivity index (χ4n) is 3.46. The molecule has 2 aromatic carbocycles. The molecule has 1 aliphatic heterocycles. The van der Waals surface area contributed by atoms with Gasteiger partial charge < -0.3 is 19.9 Å². The van der Waals surface area contributed by atoms with Crippen LogP contribution in [0.1, 0.15) is 12.0 Å². The molecule has 162 valence electrons. The van der Waals surface area contributed by atoms with Crippen molar-refractivity contribution in [1.82, 2.24) is 9.80 Å². The minimum Gasteiger partial charge on any atom is -0.497 e. The van der Waals surface area contributed by atoms with E-state index in [0.29, 0.717) is 0 Å². The van der Waals surface area contributed by atoms with Crippen LogP contribution in [-0.4, -0.2) is 67.2 Å². The molecule has 0 spiro atoms. The zero-order chi connectivity index (χ0) is 21.2. The third-order valence-electron chi connectivity index (χ3n) is 5.28. The Morgan fingerprint density at radius 2 is 1.63 bits per heavy atom. The zero-order valence-corrected chi connectivity index (χ0v) is 19.1. The first kappa shape index (κ1) is 22.9. The number of hydrogen-bond acceptors (Lipinski definition) is 5. The van der Waals surface area contributed by atoms with Crippen molar-refractivity contribution in [3.05, 3.63) is 59.1 Å². The number of hydrogen-bond donors (Lipinski definition) is 1. The maximum absolute atomic E-state index is 12.1. The highest BCUT2D eigenvalue weighted by atomic mass is 35.5. The van der Waals surface area contributed by atoms with Crippen molar-refractivity contribution in [2.24, 2.45) is 0 Å². The average molecular weight is 448 g/mol. The Balaban J connectivity index is 1.24. The Bertz CT molecular complexity index is 778. The van der Waals surface area contributed by atoms with E-state index in [-0.39, 0.29) is 5.24 Å². The second-order valence-electron chi connectivity index (χ2n) is 7.40. The van der Waals surface area contributed by atoms with Crippen LogP contribution in [0.2, 0.25) is 5.02 Å². The molecule has 0 radical (unpaired) electrons. The van der Waals surface area contributed by atoms with E-state index in [1.54, 1.807) is 7.11 Å². The number of anilines is 1. The SMILES string of the molecule is COc1ccc(NC(=O)SCCCN2CCN(CCc3ccc(Cl)cc3)CC2)cc1. The van der Waals surface area contributed by atoms with E-state index in [9.17, 15) is 4.79 Å². The van der Waals surface area contributed by atoms with Gasteiger partial charge in [0.25, 0.3) is 5.24 Å². The summed E-state index contributed by atoms with van der Waals surface area (Å²) in [4.78, 5) is 17.1. The van der Waals surface area contributed by atoms with Gasteiger partial charge in [-0.25, -0.2) is 0 Å². The van der Waals surface area contributed by atoms with E-state index in [0.717, 1.165) is 74.3 Å². The van der Waals surface area contributed by atoms with E-state index >= 15 is 0 Å². The van der Waals surface area contributed by atoms with Crippen LogP contribution in [0.25, 0.3) is 0 Å². The van der Waals surface area contributed by atoms with Gasteiger partial charge in [-0.2, -0.15) is 0 Å². The molecular weight excluding hydrogens is 418 g/mol. The monoisotopic (exact) mass is 447 g/mol. The summed E-state index contributed by atoms with van der Waals surface area (Å²) in [5.41, 5.74) is 2.13. The van der Waals surface area contributed by atoms with E-state index in [2.05, 4.69) is 27.2 Å². The van der Waals surface area contributed by atoms with Crippen molar-refractivity contribution < 1.29 is 9.53 Å². The van der Waals surface area contributed by atoms with Crippen LogP contribution in [0.5, 0.6) is 5.75 Å². The maximum Gasteiger partial charge on any atom is 0.283 e. The van der Waals surface area contributed by atoms with Crippen molar-refractivity contribution >= 4 is 34.3 Å². The summed E-state index contributed by atoms with van der Waals surface area (Å²) in [6.07, 6.45) is 2.09. The number of nitrogens with one attached hydrogen (secondary N) is 1. The molecule has 0 atom stereocenters. The van der Waals surface area contributed by atoms with Crippen LogP contribution in [-0.2, 0) is 6.42 Å². The van der Waals surface area contributed by atoms with Gasteiger partial charge in [-0.3, -0.25) is 4.79 Å². The van der Waals surface area contributed by atoms with Crippen LogP contribution in [0.15, 0.2) is 48.5 Å². The van der Waals surface area contributed by atoms with Gasteiger partial charge in [-0.15, -0.1) is 0 Å². The lowest BCUT2D eigenvalue weighted by Crippen LogP contribution is -2.47. The molecule has 7 heteroatoms. The number of ether oxygens (including phenoxy) is 1. The standard InChI is InChI=1S/C23H30ClN3O2S/c1-29-22-9-7-21(8-10-22)25-23(28)30-18-2-12-26-14-16-27(17-15-26)13-11-19-3-5-20(24)6-4-19/h3-10H,2,11-18H2,1H3,(H,25,28). The van der Waals surface area contributed by atoms with Crippen LogP contribution in [0, 0.1) is 0 Å². The van der Waals surface area contributed by atoms with Crippen molar-refractivity contribution in [2.45, 2.75) is 12.8 Å². The van der Waals surface area contributed by atoms with Gasteiger partial charge in [0.1, 0.15) is 5.75 Å². The lowest BCUT2D eigenvalue weighted by atomic mass is 10.1. The summed E-state index contributed by atoms with van der Waals surface area (Å²) < 4.78 is 5.13. The molecule has 1 N–H and O–H groups in total. The third kappa shape index (κ3) is 7.84. The smallest absolute Gasteiger partial charge is 0.283 e. The van der Waals surface area contributed by atoms with Crippen LogP contribution < -0.4 is 10.1 Å². The predicted molar refractivity (Wildman–Crippen MR) is 127 cm³/mol. The molecule has 0 bridgehead atoms. The highest BCUT2D eigenvalue weighted by molar-refractivity contribution is 8.13. The molecule has 1 heterocycles. The normalized spacial score (nSPS) is 15.1. The molecule has 5 nitrogen and oxygen atoms in total. The summed E-state index contributed by atoms with van der Waals surface area (Å²) in [5.74, 6) is 1.62. The molecule has 2 aromatic rings. The number of thioether (sulfide) groups is 1. The van der Waals surface area contributed by atoms with Crippen molar-refractivity contribution in [3.63, 3.8) is 0 Å². The number of carbonyl (C=O) groups excluding carboxylic acids is 1. The Morgan fingerprint density at radius 3 is 2.27 bits per heavy atom. The molecular formula is C23H30ClN3O2S. The van der Waals surface area contributed by atoms with Gasteiger partial charge in [0.2, 0.25) is 0 Å². The molecule has 1 fully saturated rings. The first-order valence-electron chi connectivity index (χ1n) is 10.4. The highest BCUT2D eigenvalue weighted by Gasteiger charge is 2.16. The van der Waals surface area contributed by atoms with Gasteiger partial charge in [-0.1, -0.05) is 35.5 Å². The van der Waals surface area contributed by atoms with Crippen molar-refractivity contribution in [2.75, 3.05) is 57.4 Å². The summed E-state index contributed by atoms with van der Waals surface area (Å²) >= 11 is 7.30. The molecule has 0 aliphatic carbocycles. The minimum atomic E-state index is -0.00724. The minimum absolute atomic E-state index is 0.00724. The predicted octanol–water partition coefficient (Wildman–Crippen LogP) is 4.86. The van der Waals surface area contributed by atoms with Crippen molar-refractivity contribution in [3.8, 4) is 5.75 Å². The third-order valence-corrected chi connectivity index (χ3v) is 6.39. The Morgan fingerprint density at radius 1 is 1.00 bits per heavy atom. The summed E-state index contributed by atoms with van der Waals surface area (Å²) in [6, 6.07) is 15.5. The van der Waals surface area contributed by atoms with Gasteiger partial charge in [0.05, 0.1) is 7.11 Å². The van der Waals surface area contributed by atoms with Gasteiger partial charge >= 0.3 is 0 Å². The lowest BCUT2D eigenvalue weighted by Gasteiger charge is -2.34. The number of halogens is 1. The zero-order valence-electron chi connectivity index (χ0n) is 17.5. The lowest BCUT2D eigenvalue weighted by molar-refractivity contribution is 0.134. The number of nitrogens with zero attached hydrogens (tertiary/aromatic N) is 2. The molecule has 30 heavy (non-hydrogen) atoms. The molecule has 0 aromatic heterocycles. The molecule has 3 rings (SSSR count). The molecule has 0 saturated carbocycles. The first-order valence-corrected chi connectivity index (χ1v) is 11.8. The highest BCUT2D eigenvalue weighted by Crippen LogP contribution is 2.17. The van der Waals surface area contributed by atoms with Gasteiger partial charge in [0, 0.05) is 49.2 Å². The van der Waals surface area contributed by atoms with Crippen LogP contribution in [0.3, 0.4) is 0 Å². The van der Waals surface area contributed by atoms with Gasteiger partial charge in [-0.05, 0) is 61.3 Å². The first-order chi connectivity index (χ1) is 14.6. The molecule has 1 saturated heterocycles. The summed E-state index contributed by atoms with van der Waals surface area (Å²) in [5, 5.41) is 3.70. The molecule has 0 unspecified atom stereocenters. The topological polar surface area (TPSA) is 44.8 Å². The number of piperazine rings is 1. The second-order valence-corrected chi connectivity index (χ2v) is 8.91. The average Bonchev–Trinajstić information content (AvgIpc) is 2.78. The summed E-state index contributed by atoms with van der Waals surface area (Å²) in [6.45, 7) is 6.56. The van der Waals surface area contributed by atoms with E-state index in [4.69, 9.17) is 16.3 Å². The Hall–Kier alpha value is -1.73. The van der Waals surface area contributed by atoms with Crippen LogP contribution >= 0.6 is 23.4 Å². The number of amides is 1. The second kappa shape index (κ2) is 12.2.